The summed E-state index contributed by atoms with van der Waals surface area (Å²) in [5.74, 6) is 1.28. The highest BCUT2D eigenvalue weighted by molar-refractivity contribution is 5.40. The number of nitrogens with zero attached hydrogens (tertiary/aromatic N) is 1. The van der Waals surface area contributed by atoms with Gasteiger partial charge in [0, 0.05) is 29.7 Å². The Morgan fingerprint density at radius 1 is 1.24 bits per heavy atom. The molecule has 0 bridgehead atoms. The average Bonchev–Trinajstić information content (AvgIpc) is 2.55. The zero-order valence-corrected chi connectivity index (χ0v) is 16.0. The molecule has 0 amide bonds. The van der Waals surface area contributed by atoms with Crippen molar-refractivity contribution < 1.29 is 9.47 Å². The third-order valence-corrected chi connectivity index (χ3v) is 3.71. The second-order valence-corrected chi connectivity index (χ2v) is 5.89. The smallest absolute Gasteiger partial charge is 0.182 e. The molecule has 0 aliphatic heterocycles. The molecule has 0 spiro atoms. The van der Waals surface area contributed by atoms with Gasteiger partial charge < -0.3 is 14.0 Å². The van der Waals surface area contributed by atoms with E-state index in [0.717, 1.165) is 29.8 Å². The molecule has 4 heteroatoms. The first-order chi connectivity index (χ1) is 11.9. The van der Waals surface area contributed by atoms with E-state index < -0.39 is 0 Å². The number of hydrogen-bond donors (Lipinski definition) is 0. The third-order valence-electron chi connectivity index (χ3n) is 3.71. The summed E-state index contributed by atoms with van der Waals surface area (Å²) in [6.07, 6.45) is 9.54. The van der Waals surface area contributed by atoms with Gasteiger partial charge in [-0.1, -0.05) is 19.9 Å². The van der Waals surface area contributed by atoms with Crippen molar-refractivity contribution in [2.45, 2.75) is 40.5 Å². The molecule has 0 unspecified atom stereocenters. The van der Waals surface area contributed by atoms with E-state index in [1.807, 2.05) is 43.7 Å². The van der Waals surface area contributed by atoms with Gasteiger partial charge in [-0.25, -0.2) is 0 Å². The van der Waals surface area contributed by atoms with Gasteiger partial charge in [0.15, 0.2) is 16.9 Å². The van der Waals surface area contributed by atoms with Crippen LogP contribution in [0.15, 0.2) is 58.8 Å². The maximum absolute atomic E-state index is 11.5. The molecule has 0 aromatic carbocycles. The van der Waals surface area contributed by atoms with Gasteiger partial charge in [0.2, 0.25) is 0 Å². The van der Waals surface area contributed by atoms with Crippen molar-refractivity contribution in [1.29, 1.82) is 0 Å². The zero-order chi connectivity index (χ0) is 18.8. The lowest BCUT2D eigenvalue weighted by molar-refractivity contribution is 0.190. The number of methoxy groups -OCH3 is 1. The van der Waals surface area contributed by atoms with Gasteiger partial charge in [0.05, 0.1) is 13.7 Å². The van der Waals surface area contributed by atoms with Crippen molar-refractivity contribution in [2.75, 3.05) is 13.7 Å². The predicted molar refractivity (Wildman–Crippen MR) is 104 cm³/mol. The number of allylic oxidation sites excluding steroid dienone is 4. The maximum Gasteiger partial charge on any atom is 0.182 e. The van der Waals surface area contributed by atoms with Crippen molar-refractivity contribution >= 4 is 6.20 Å². The summed E-state index contributed by atoms with van der Waals surface area (Å²) in [6.45, 7) is 12.3. The van der Waals surface area contributed by atoms with Crippen molar-refractivity contribution in [3.05, 3.63) is 75.6 Å². The van der Waals surface area contributed by atoms with Crippen LogP contribution in [0.2, 0.25) is 0 Å². The van der Waals surface area contributed by atoms with Crippen LogP contribution in [0, 0.1) is 13.8 Å². The standard InChI is InChI=1S/C21H29NO3/c1-7-9-12-25-21(20(8-2)24-6)13-16(3)10-11-22-17(4)14-19(23)15-18(22)5/h8,10-11,13-15H,2,7,9,12H2,1,3-6H3/b11-10+,16-13+,21-20-. The molecule has 25 heavy (non-hydrogen) atoms. The molecular formula is C21H29NO3. The number of hydrogen-bond acceptors (Lipinski definition) is 3. The van der Waals surface area contributed by atoms with Gasteiger partial charge in [-0.3, -0.25) is 4.79 Å². The fraction of sp³-hybridized carbons (Fsp3) is 0.381. The van der Waals surface area contributed by atoms with Gasteiger partial charge in [-0.15, -0.1) is 0 Å². The highest BCUT2D eigenvalue weighted by atomic mass is 16.5. The molecule has 4 nitrogen and oxygen atoms in total. The quantitative estimate of drug-likeness (QED) is 0.369. The first-order valence-corrected chi connectivity index (χ1v) is 8.52. The number of pyridine rings is 1. The van der Waals surface area contributed by atoms with Crippen molar-refractivity contribution in [3.63, 3.8) is 0 Å². The van der Waals surface area contributed by atoms with E-state index in [2.05, 4.69) is 13.5 Å². The number of unbranched alkanes of at least 4 members (excludes halogenated alkanes) is 1. The van der Waals surface area contributed by atoms with Gasteiger partial charge in [-0.05, 0) is 51.0 Å². The molecule has 1 aromatic heterocycles. The molecule has 136 valence electrons. The van der Waals surface area contributed by atoms with Crippen LogP contribution in [-0.4, -0.2) is 18.3 Å². The van der Waals surface area contributed by atoms with Crippen LogP contribution in [0.3, 0.4) is 0 Å². The van der Waals surface area contributed by atoms with Gasteiger partial charge >= 0.3 is 0 Å². The van der Waals surface area contributed by atoms with Crippen LogP contribution in [0.25, 0.3) is 6.20 Å². The van der Waals surface area contributed by atoms with Crippen LogP contribution in [0.4, 0.5) is 0 Å². The van der Waals surface area contributed by atoms with E-state index in [1.54, 1.807) is 25.3 Å². The minimum atomic E-state index is 0.0252. The lowest BCUT2D eigenvalue weighted by Crippen LogP contribution is -2.08. The Balaban J connectivity index is 3.09. The minimum Gasteiger partial charge on any atom is -0.493 e. The largest absolute Gasteiger partial charge is 0.493 e. The number of rotatable bonds is 9. The Labute approximate surface area is 150 Å². The highest BCUT2D eigenvalue weighted by Crippen LogP contribution is 2.15. The Kier molecular flexibility index (Phi) is 8.54. The van der Waals surface area contributed by atoms with E-state index in [4.69, 9.17) is 9.47 Å². The predicted octanol–water partition coefficient (Wildman–Crippen LogP) is 4.74. The van der Waals surface area contributed by atoms with Crippen molar-refractivity contribution in [3.8, 4) is 0 Å². The van der Waals surface area contributed by atoms with Crippen molar-refractivity contribution in [1.82, 2.24) is 4.57 Å². The van der Waals surface area contributed by atoms with Gasteiger partial charge in [0.25, 0.3) is 0 Å². The molecule has 0 atom stereocenters. The van der Waals surface area contributed by atoms with Crippen LogP contribution < -0.4 is 5.43 Å². The normalized spacial score (nSPS) is 12.9. The summed E-state index contributed by atoms with van der Waals surface area (Å²) in [4.78, 5) is 11.5. The fourth-order valence-electron chi connectivity index (χ4n) is 2.35. The molecule has 0 aliphatic rings. The topological polar surface area (TPSA) is 40.5 Å². The lowest BCUT2D eigenvalue weighted by Gasteiger charge is -2.11. The molecule has 1 aromatic rings. The highest BCUT2D eigenvalue weighted by Gasteiger charge is 2.04. The Bertz CT molecular complexity index is 710. The molecular weight excluding hydrogens is 314 g/mol. The Morgan fingerprint density at radius 3 is 2.40 bits per heavy atom. The Morgan fingerprint density at radius 2 is 1.88 bits per heavy atom. The number of ether oxygens (including phenoxy) is 2. The molecule has 1 heterocycles. The first-order valence-electron chi connectivity index (χ1n) is 8.52. The average molecular weight is 343 g/mol. The summed E-state index contributed by atoms with van der Waals surface area (Å²) < 4.78 is 13.1. The second kappa shape index (κ2) is 10.4. The lowest BCUT2D eigenvalue weighted by atomic mass is 10.2. The van der Waals surface area contributed by atoms with Crippen molar-refractivity contribution in [2.24, 2.45) is 0 Å². The molecule has 0 aliphatic carbocycles. The summed E-state index contributed by atoms with van der Waals surface area (Å²) in [6, 6.07) is 3.24. The summed E-state index contributed by atoms with van der Waals surface area (Å²) in [7, 11) is 1.60. The minimum absolute atomic E-state index is 0.0252. The second-order valence-electron chi connectivity index (χ2n) is 5.89. The van der Waals surface area contributed by atoms with E-state index in [9.17, 15) is 4.79 Å². The zero-order valence-electron chi connectivity index (χ0n) is 16.0. The fourth-order valence-corrected chi connectivity index (χ4v) is 2.35. The molecule has 1 rings (SSSR count). The molecule has 0 saturated carbocycles. The monoisotopic (exact) mass is 343 g/mol. The van der Waals surface area contributed by atoms with Crippen LogP contribution >= 0.6 is 0 Å². The summed E-state index contributed by atoms with van der Waals surface area (Å²) >= 11 is 0. The van der Waals surface area contributed by atoms with E-state index >= 15 is 0 Å². The first kappa shape index (κ1) is 20.6. The molecule has 0 N–H and O–H groups in total. The van der Waals surface area contributed by atoms with Gasteiger partial charge in [0.1, 0.15) is 0 Å². The number of aromatic nitrogens is 1. The SMILES string of the molecule is C=C\C(OC)=C(/C=C(C)/C=C/n1c(C)cc(=O)cc1C)OCCCC. The molecule has 0 saturated heterocycles. The maximum atomic E-state index is 11.5. The molecule has 0 fully saturated rings. The Hall–Kier alpha value is -2.49. The van der Waals surface area contributed by atoms with Crippen LogP contribution in [0.5, 0.6) is 0 Å². The van der Waals surface area contributed by atoms with Crippen LogP contribution in [-0.2, 0) is 9.47 Å². The molecule has 0 radical (unpaired) electrons. The van der Waals surface area contributed by atoms with E-state index in [0.29, 0.717) is 18.1 Å². The number of aryl methyl sites for hydroxylation is 2. The van der Waals surface area contributed by atoms with Gasteiger partial charge in [-0.2, -0.15) is 0 Å². The van der Waals surface area contributed by atoms with E-state index in [-0.39, 0.29) is 5.43 Å². The third kappa shape index (κ3) is 6.49. The summed E-state index contributed by atoms with van der Waals surface area (Å²) in [5.41, 5.74) is 2.82. The summed E-state index contributed by atoms with van der Waals surface area (Å²) in [5, 5.41) is 0. The van der Waals surface area contributed by atoms with Crippen LogP contribution in [0.1, 0.15) is 38.1 Å². The van der Waals surface area contributed by atoms with E-state index in [1.165, 1.54) is 0 Å².